The van der Waals surface area contributed by atoms with Crippen LogP contribution in [0.3, 0.4) is 0 Å². The lowest BCUT2D eigenvalue weighted by molar-refractivity contribution is 0.0717. The average molecular weight is 253 g/mol. The van der Waals surface area contributed by atoms with Crippen molar-refractivity contribution in [3.63, 3.8) is 0 Å². The Kier molecular flexibility index (Phi) is 4.84. The predicted octanol–water partition coefficient (Wildman–Crippen LogP) is 2.75. The van der Waals surface area contributed by atoms with Crippen LogP contribution in [0, 0.1) is 11.6 Å². The Balaban J connectivity index is 1.81. The first kappa shape index (κ1) is 13.2. The fourth-order valence-electron chi connectivity index (χ4n) is 1.96. The zero-order valence-corrected chi connectivity index (χ0v) is 10.2. The van der Waals surface area contributed by atoms with Crippen molar-refractivity contribution < 1.29 is 13.5 Å². The molecule has 1 saturated heterocycles. The highest BCUT2D eigenvalue weighted by molar-refractivity contribution is 5.50. The van der Waals surface area contributed by atoms with E-state index in [4.69, 9.17) is 4.74 Å². The van der Waals surface area contributed by atoms with Gasteiger partial charge in [0.25, 0.3) is 0 Å². The summed E-state index contributed by atoms with van der Waals surface area (Å²) in [6.07, 6.45) is 5.56. The largest absolute Gasteiger partial charge is 0.380 e. The van der Waals surface area contributed by atoms with Gasteiger partial charge in [-0.3, -0.25) is 0 Å². The molecule has 0 spiro atoms. The maximum absolute atomic E-state index is 13.3. The van der Waals surface area contributed by atoms with Gasteiger partial charge in [-0.25, -0.2) is 8.78 Å². The van der Waals surface area contributed by atoms with Crippen LogP contribution in [-0.2, 0) is 4.74 Å². The van der Waals surface area contributed by atoms with Crippen LogP contribution >= 0.6 is 0 Å². The molecule has 1 aromatic rings. The maximum atomic E-state index is 13.3. The zero-order valence-electron chi connectivity index (χ0n) is 10.2. The van der Waals surface area contributed by atoms with E-state index < -0.39 is 11.6 Å². The highest BCUT2D eigenvalue weighted by atomic mass is 19.1. The summed E-state index contributed by atoms with van der Waals surface area (Å²) in [7, 11) is 0. The van der Waals surface area contributed by atoms with Gasteiger partial charge in [0.2, 0.25) is 0 Å². The second-order valence-corrected chi connectivity index (χ2v) is 4.39. The van der Waals surface area contributed by atoms with Crippen LogP contribution in [0.2, 0.25) is 0 Å². The molecule has 1 N–H and O–H groups in total. The van der Waals surface area contributed by atoms with Crippen LogP contribution < -0.4 is 5.32 Å². The lowest BCUT2D eigenvalue weighted by atomic mass is 10.1. The molecule has 1 heterocycles. The number of nitrogens with one attached hydrogen (secondary N) is 1. The quantitative estimate of drug-likeness (QED) is 0.891. The minimum atomic E-state index is -0.426. The number of hydrogen-bond acceptors (Lipinski definition) is 2. The molecule has 18 heavy (non-hydrogen) atoms. The molecular formula is C14H17F2NO. The molecule has 0 radical (unpaired) electrons. The number of hydrogen-bond donors (Lipinski definition) is 1. The van der Waals surface area contributed by atoms with Gasteiger partial charge in [0, 0.05) is 24.8 Å². The van der Waals surface area contributed by atoms with E-state index in [9.17, 15) is 8.78 Å². The first-order valence-electron chi connectivity index (χ1n) is 6.18. The van der Waals surface area contributed by atoms with Crippen molar-refractivity contribution in [2.45, 2.75) is 18.9 Å². The zero-order chi connectivity index (χ0) is 12.8. The van der Waals surface area contributed by atoms with Gasteiger partial charge in [-0.15, -0.1) is 0 Å². The summed E-state index contributed by atoms with van der Waals surface area (Å²) in [6.45, 7) is 2.19. The SMILES string of the molecule is Fc1ccc(F)c(/C=C/CNC2CCCOC2)c1. The molecule has 4 heteroatoms. The highest BCUT2D eigenvalue weighted by Crippen LogP contribution is 2.11. The molecular weight excluding hydrogens is 236 g/mol. The van der Waals surface area contributed by atoms with Crippen LogP contribution in [0.4, 0.5) is 8.78 Å². The van der Waals surface area contributed by atoms with E-state index in [2.05, 4.69) is 5.32 Å². The third kappa shape index (κ3) is 3.89. The summed E-state index contributed by atoms with van der Waals surface area (Å²) in [4.78, 5) is 0. The first-order valence-corrected chi connectivity index (χ1v) is 6.18. The smallest absolute Gasteiger partial charge is 0.130 e. The Hall–Kier alpha value is -1.26. The summed E-state index contributed by atoms with van der Waals surface area (Å²) in [5.41, 5.74) is 0.275. The Morgan fingerprint density at radius 3 is 3.06 bits per heavy atom. The van der Waals surface area contributed by atoms with Crippen LogP contribution in [0.25, 0.3) is 6.08 Å². The van der Waals surface area contributed by atoms with Gasteiger partial charge < -0.3 is 10.1 Å². The second-order valence-electron chi connectivity index (χ2n) is 4.39. The number of rotatable bonds is 4. The van der Waals surface area contributed by atoms with Crippen LogP contribution in [0.1, 0.15) is 18.4 Å². The molecule has 0 aromatic heterocycles. The van der Waals surface area contributed by atoms with Gasteiger partial charge in [0.1, 0.15) is 11.6 Å². The predicted molar refractivity (Wildman–Crippen MR) is 67.2 cm³/mol. The van der Waals surface area contributed by atoms with Crippen molar-refractivity contribution in [1.29, 1.82) is 0 Å². The van der Waals surface area contributed by atoms with E-state index in [0.29, 0.717) is 12.6 Å². The van der Waals surface area contributed by atoms with Gasteiger partial charge in [0.05, 0.1) is 6.61 Å². The fourth-order valence-corrected chi connectivity index (χ4v) is 1.96. The van der Waals surface area contributed by atoms with E-state index in [1.54, 1.807) is 12.2 Å². The van der Waals surface area contributed by atoms with Gasteiger partial charge in [-0.1, -0.05) is 12.2 Å². The summed E-state index contributed by atoms with van der Waals surface area (Å²) >= 11 is 0. The third-order valence-corrected chi connectivity index (χ3v) is 2.94. The van der Waals surface area contributed by atoms with Crippen molar-refractivity contribution in [3.8, 4) is 0 Å². The molecule has 1 aromatic carbocycles. The number of halogens is 2. The van der Waals surface area contributed by atoms with Gasteiger partial charge in [-0.05, 0) is 31.0 Å². The maximum Gasteiger partial charge on any atom is 0.130 e. The molecule has 1 aliphatic rings. The second kappa shape index (κ2) is 6.61. The Labute approximate surface area is 106 Å². The Morgan fingerprint density at radius 2 is 2.28 bits per heavy atom. The standard InChI is InChI=1S/C14H17F2NO/c15-12-5-6-14(16)11(9-12)3-1-7-17-13-4-2-8-18-10-13/h1,3,5-6,9,13,17H,2,4,7-8,10H2/b3-1+. The van der Waals surface area contributed by atoms with Crippen molar-refractivity contribution >= 4 is 6.08 Å². The van der Waals surface area contributed by atoms with Gasteiger partial charge in [-0.2, -0.15) is 0 Å². The van der Waals surface area contributed by atoms with Gasteiger partial charge >= 0.3 is 0 Å². The summed E-state index contributed by atoms with van der Waals surface area (Å²) in [5, 5.41) is 3.30. The summed E-state index contributed by atoms with van der Waals surface area (Å²) in [5.74, 6) is -0.835. The van der Waals surface area contributed by atoms with E-state index in [1.807, 2.05) is 0 Å². The van der Waals surface area contributed by atoms with Crippen molar-refractivity contribution in [3.05, 3.63) is 41.5 Å². The molecule has 1 aliphatic heterocycles. The normalized spacial score (nSPS) is 20.4. The number of ether oxygens (including phenoxy) is 1. The van der Waals surface area contributed by atoms with Crippen molar-refractivity contribution in [2.75, 3.05) is 19.8 Å². The lowest BCUT2D eigenvalue weighted by Crippen LogP contribution is -2.36. The first-order chi connectivity index (χ1) is 8.75. The van der Waals surface area contributed by atoms with Crippen LogP contribution in [0.5, 0.6) is 0 Å². The average Bonchev–Trinajstić information content (AvgIpc) is 2.40. The molecule has 1 fully saturated rings. The molecule has 1 unspecified atom stereocenters. The minimum Gasteiger partial charge on any atom is -0.380 e. The molecule has 0 amide bonds. The van der Waals surface area contributed by atoms with E-state index in [0.717, 1.165) is 38.2 Å². The van der Waals surface area contributed by atoms with Crippen molar-refractivity contribution in [2.24, 2.45) is 0 Å². The molecule has 0 aliphatic carbocycles. The van der Waals surface area contributed by atoms with E-state index in [-0.39, 0.29) is 5.56 Å². The topological polar surface area (TPSA) is 21.3 Å². The monoisotopic (exact) mass is 253 g/mol. The molecule has 1 atom stereocenters. The molecule has 0 bridgehead atoms. The third-order valence-electron chi connectivity index (χ3n) is 2.94. The molecule has 0 saturated carbocycles. The van der Waals surface area contributed by atoms with Crippen molar-refractivity contribution in [1.82, 2.24) is 5.32 Å². The Bertz CT molecular complexity index is 414. The fraction of sp³-hybridized carbons (Fsp3) is 0.429. The van der Waals surface area contributed by atoms with E-state index in [1.165, 1.54) is 6.07 Å². The summed E-state index contributed by atoms with van der Waals surface area (Å²) in [6, 6.07) is 3.80. The number of benzene rings is 1. The summed E-state index contributed by atoms with van der Waals surface area (Å²) < 4.78 is 31.5. The van der Waals surface area contributed by atoms with Gasteiger partial charge in [0.15, 0.2) is 0 Å². The highest BCUT2D eigenvalue weighted by Gasteiger charge is 2.11. The molecule has 2 nitrogen and oxygen atoms in total. The Morgan fingerprint density at radius 1 is 1.39 bits per heavy atom. The minimum absolute atomic E-state index is 0.275. The van der Waals surface area contributed by atoms with Crippen LogP contribution in [0.15, 0.2) is 24.3 Å². The van der Waals surface area contributed by atoms with Crippen LogP contribution in [-0.4, -0.2) is 25.8 Å². The van der Waals surface area contributed by atoms with E-state index >= 15 is 0 Å². The molecule has 98 valence electrons. The molecule has 2 rings (SSSR count). The lowest BCUT2D eigenvalue weighted by Gasteiger charge is -2.22.